The van der Waals surface area contributed by atoms with E-state index in [2.05, 4.69) is 426 Å². The van der Waals surface area contributed by atoms with Crippen molar-refractivity contribution < 1.29 is 0 Å². The predicted octanol–water partition coefficient (Wildman–Crippen LogP) is 23.8. The Labute approximate surface area is 623 Å². The standard InChI is InChI=1S/C102H114/c1-91(2,3)79-43-37-38-44-80(92(4,5)6)68-86(98(22,23)24)56-52-76-64-77-53-59-89(101(31,32)33)71-83(95(13,14)15)47-41-39-45-81(93(7,8)9)69-87(99(25,26)27)57-50-74-61-73(49-55-85(67-79)97(19,20)21)62-75(63-74)51-58-88(100(28,29)30)70-82(94(10,11)12)46-40-42-48-84(96(16,17)18)72-90(102(34,35)36)60-54-78(65-76)66-77/h61-66H,1-36H3. The molecule has 3 aliphatic rings. The van der Waals surface area contributed by atoms with Crippen molar-refractivity contribution in [2.75, 3.05) is 0 Å². The van der Waals surface area contributed by atoms with Gasteiger partial charge in [-0.15, -0.1) is 0 Å². The molecule has 0 atom stereocenters. The van der Waals surface area contributed by atoms with Crippen LogP contribution in [0.5, 0.6) is 0 Å². The first-order valence-corrected chi connectivity index (χ1v) is 35.7. The molecule has 5 rings (SSSR count). The first kappa shape index (κ1) is 84.7. The van der Waals surface area contributed by atoms with Gasteiger partial charge in [-0.25, -0.2) is 0 Å². The van der Waals surface area contributed by atoms with E-state index in [1.165, 1.54) is 0 Å². The van der Waals surface area contributed by atoms with Crippen molar-refractivity contribution in [1.82, 2.24) is 0 Å². The Balaban J connectivity index is 2.72. The summed E-state index contributed by atoms with van der Waals surface area (Å²) in [5, 5.41) is 0. The molecule has 0 spiro atoms. The van der Waals surface area contributed by atoms with E-state index in [0.29, 0.717) is 0 Å². The number of fused-ring (bicyclic) bond motifs is 15. The molecule has 0 radical (unpaired) electrons. The Morgan fingerprint density at radius 3 is 0.304 bits per heavy atom. The Hall–Kier alpha value is -9.72. The van der Waals surface area contributed by atoms with E-state index >= 15 is 0 Å². The summed E-state index contributed by atoms with van der Waals surface area (Å²) in [6.45, 7) is 77.3. The van der Waals surface area contributed by atoms with Crippen LogP contribution in [-0.2, 0) is 0 Å². The van der Waals surface area contributed by atoms with Crippen molar-refractivity contribution in [3.8, 4) is 142 Å². The van der Waals surface area contributed by atoms with Gasteiger partial charge in [0.1, 0.15) is 0 Å². The zero-order valence-corrected chi connectivity index (χ0v) is 69.5. The minimum atomic E-state index is -0.421. The third kappa shape index (κ3) is 27.7. The molecule has 0 unspecified atom stereocenters. The number of benzene rings is 2. The minimum absolute atomic E-state index is 0.407. The molecule has 2 aromatic carbocycles. The average Bonchev–Trinajstić information content (AvgIpc) is 0.834. The van der Waals surface area contributed by atoms with Crippen LogP contribution in [0.3, 0.4) is 0 Å². The molecule has 0 saturated heterocycles. The van der Waals surface area contributed by atoms with E-state index in [4.69, 9.17) is 0 Å². The summed E-state index contributed by atoms with van der Waals surface area (Å²) in [5.41, 5.74) is 31.3. The predicted molar refractivity (Wildman–Crippen MR) is 438 cm³/mol. The van der Waals surface area contributed by atoms with Crippen LogP contribution in [0.4, 0.5) is 0 Å². The van der Waals surface area contributed by atoms with Crippen molar-refractivity contribution in [1.29, 1.82) is 0 Å². The summed E-state index contributed by atoms with van der Waals surface area (Å²) >= 11 is 0. The van der Waals surface area contributed by atoms with Crippen LogP contribution in [0.1, 0.15) is 283 Å². The Kier molecular flexibility index (Phi) is 26.6. The van der Waals surface area contributed by atoms with Crippen LogP contribution < -0.4 is 0 Å². The molecule has 0 heteroatoms. The van der Waals surface area contributed by atoms with Crippen LogP contribution in [0.2, 0.25) is 0 Å². The van der Waals surface area contributed by atoms with E-state index < -0.39 is 65.0 Å². The first-order valence-electron chi connectivity index (χ1n) is 35.7. The Bertz CT molecular complexity index is 4150. The van der Waals surface area contributed by atoms with Gasteiger partial charge in [0.25, 0.3) is 0 Å². The average molecular weight is 1340 g/mol. The summed E-state index contributed by atoms with van der Waals surface area (Å²) in [4.78, 5) is 0. The van der Waals surface area contributed by atoms with Crippen molar-refractivity contribution in [2.45, 2.75) is 249 Å². The van der Waals surface area contributed by atoms with E-state index in [0.717, 1.165) is 100 Å². The number of hydrogen-bond acceptors (Lipinski definition) is 0. The second-order valence-electron chi connectivity index (χ2n) is 38.8. The lowest BCUT2D eigenvalue weighted by atomic mass is 9.82. The number of allylic oxidation sites excluding steroid dienone is 6. The maximum atomic E-state index is 3.74. The van der Waals surface area contributed by atoms with Gasteiger partial charge in [-0.1, -0.05) is 355 Å². The van der Waals surface area contributed by atoms with E-state index in [9.17, 15) is 0 Å². The van der Waals surface area contributed by atoms with Gasteiger partial charge in [-0.3, -0.25) is 0 Å². The summed E-state index contributed by atoms with van der Waals surface area (Å²) in [6.07, 6.45) is 0. The highest BCUT2D eigenvalue weighted by Gasteiger charge is 2.27. The summed E-state index contributed by atoms with van der Waals surface area (Å²) in [6, 6.07) is 12.2. The smallest absolute Gasteiger partial charge is 0.0511 e. The summed E-state index contributed by atoms with van der Waals surface area (Å²) < 4.78 is 0. The van der Waals surface area contributed by atoms with Crippen LogP contribution >= 0.6 is 0 Å². The molecule has 0 amide bonds. The summed E-state index contributed by atoms with van der Waals surface area (Å²) in [5.74, 6) is 83.2. The maximum absolute atomic E-state index is 3.74. The fraction of sp³-hybridized carbons (Fsp3) is 0.471. The molecular weight excluding hydrogens is 1230 g/mol. The molecule has 0 fully saturated rings. The molecule has 6 bridgehead atoms. The zero-order chi connectivity index (χ0) is 77.8. The highest BCUT2D eigenvalue weighted by Crippen LogP contribution is 2.36. The van der Waals surface area contributed by atoms with Crippen LogP contribution in [0.15, 0.2) is 138 Å². The maximum Gasteiger partial charge on any atom is 0.0511 e. The molecule has 0 saturated carbocycles. The minimum Gasteiger partial charge on any atom is -0.0944 e. The summed E-state index contributed by atoms with van der Waals surface area (Å²) in [7, 11) is 0. The quantitative estimate of drug-likeness (QED) is 0.182. The van der Waals surface area contributed by atoms with Gasteiger partial charge in [-0.05, 0) is 107 Å². The van der Waals surface area contributed by atoms with E-state index in [1.54, 1.807) is 0 Å². The SMILES string of the molecule is CC(C)(C)C1=C=C(C(C)(C)C)C#Cc2cc3cc(c2)C#CC(C(C)(C)C)=C=C(C(C)(C)C)C#CC#CC(C(C)(C)C)=C=C(C(C)(C)C)C#Cc2cc(cc(c2)C#CC(C(C)(C)C)=C=C(C(C)(C)C)C#CC#CC(C(C)(C)C)=C=C(C(C)(C)C)C#C3)C#CC(C(C)(C)C)=C=C(C(C)(C)C)C#CC#C1. The van der Waals surface area contributed by atoms with Crippen molar-refractivity contribution in [3.63, 3.8) is 0 Å². The molecule has 0 heterocycles. The van der Waals surface area contributed by atoms with Crippen molar-refractivity contribution in [3.05, 3.63) is 171 Å². The Morgan fingerprint density at radius 1 is 0.127 bits per heavy atom. The van der Waals surface area contributed by atoms with Gasteiger partial charge in [0.05, 0.1) is 66.9 Å². The number of hydrogen-bond donors (Lipinski definition) is 0. The lowest BCUT2D eigenvalue weighted by Crippen LogP contribution is -2.11. The van der Waals surface area contributed by atoms with Crippen LogP contribution in [0.25, 0.3) is 0 Å². The lowest BCUT2D eigenvalue weighted by Gasteiger charge is -2.20. The monoisotopic (exact) mass is 1340 g/mol. The van der Waals surface area contributed by atoms with Gasteiger partial charge >= 0.3 is 0 Å². The van der Waals surface area contributed by atoms with Crippen LogP contribution in [0, 0.1) is 207 Å². The zero-order valence-electron chi connectivity index (χ0n) is 69.5. The lowest BCUT2D eigenvalue weighted by molar-refractivity contribution is 0.508. The largest absolute Gasteiger partial charge is 0.0944 e. The molecule has 0 nitrogen and oxygen atoms in total. The fourth-order valence-electron chi connectivity index (χ4n) is 8.68. The normalized spacial score (nSPS) is 14.8. The van der Waals surface area contributed by atoms with Gasteiger partial charge in [0.2, 0.25) is 0 Å². The van der Waals surface area contributed by atoms with Gasteiger partial charge in [-0.2, -0.15) is 0 Å². The second kappa shape index (κ2) is 32.1. The third-order valence-corrected chi connectivity index (χ3v) is 15.7. The highest BCUT2D eigenvalue weighted by molar-refractivity contribution is 5.60. The van der Waals surface area contributed by atoms with Gasteiger partial charge in [0.15, 0.2) is 0 Å². The van der Waals surface area contributed by atoms with Gasteiger partial charge < -0.3 is 0 Å². The highest BCUT2D eigenvalue weighted by atomic mass is 14.3. The molecule has 0 aromatic heterocycles. The van der Waals surface area contributed by atoms with Gasteiger partial charge in [0, 0.05) is 98.4 Å². The van der Waals surface area contributed by atoms with Crippen molar-refractivity contribution >= 4 is 0 Å². The topological polar surface area (TPSA) is 0 Å². The molecule has 3 aliphatic carbocycles. The molecule has 102 heavy (non-hydrogen) atoms. The third-order valence-electron chi connectivity index (χ3n) is 15.7. The Morgan fingerprint density at radius 2 is 0.216 bits per heavy atom. The molecule has 0 N–H and O–H groups in total. The fourth-order valence-corrected chi connectivity index (χ4v) is 8.68. The first-order chi connectivity index (χ1) is 46.1. The molecule has 0 aliphatic heterocycles. The van der Waals surface area contributed by atoms with E-state index in [1.807, 2.05) is 36.4 Å². The molecular formula is C102H114. The molecule has 522 valence electrons. The number of rotatable bonds is 0. The second-order valence-corrected chi connectivity index (χ2v) is 38.8. The molecule has 2 aromatic rings. The van der Waals surface area contributed by atoms with Crippen LogP contribution in [-0.4, -0.2) is 0 Å². The van der Waals surface area contributed by atoms with Crippen molar-refractivity contribution in [2.24, 2.45) is 65.0 Å². The van der Waals surface area contributed by atoms with E-state index in [-0.39, 0.29) is 0 Å².